The van der Waals surface area contributed by atoms with E-state index in [1.807, 2.05) is 0 Å². The Morgan fingerprint density at radius 2 is 2.25 bits per heavy atom. The Balaban J connectivity index is 2.37. The molecule has 16 heavy (non-hydrogen) atoms. The fourth-order valence-corrected chi connectivity index (χ4v) is 1.60. The fourth-order valence-electron chi connectivity index (χ4n) is 1.60. The zero-order valence-corrected chi connectivity index (χ0v) is 9.31. The Kier molecular flexibility index (Phi) is 4.70. The van der Waals surface area contributed by atoms with Gasteiger partial charge in [0.25, 0.3) is 0 Å². The largest absolute Gasteiger partial charge is 0.481 e. The first kappa shape index (κ1) is 12.9. The third-order valence-electron chi connectivity index (χ3n) is 2.83. The number of rotatable bonds is 5. The van der Waals surface area contributed by atoms with Crippen LogP contribution >= 0.6 is 0 Å². The van der Waals surface area contributed by atoms with Crippen LogP contribution in [0.5, 0.6) is 0 Å². The molecule has 3 atom stereocenters. The van der Waals surface area contributed by atoms with Crippen LogP contribution in [0.15, 0.2) is 0 Å². The molecule has 4 N–H and O–H groups in total. The monoisotopic (exact) mass is 230 g/mol. The van der Waals surface area contributed by atoms with E-state index < -0.39 is 11.9 Å². The molecular weight excluding hydrogens is 212 g/mol. The van der Waals surface area contributed by atoms with Crippen molar-refractivity contribution < 1.29 is 19.4 Å². The summed E-state index contributed by atoms with van der Waals surface area (Å²) in [5.74, 6) is -2.01. The van der Waals surface area contributed by atoms with Crippen molar-refractivity contribution in [1.29, 1.82) is 0 Å². The van der Waals surface area contributed by atoms with Gasteiger partial charge in [-0.2, -0.15) is 0 Å². The third kappa shape index (κ3) is 3.18. The summed E-state index contributed by atoms with van der Waals surface area (Å²) in [5, 5.41) is 11.4. The molecule has 3 unspecified atom stereocenters. The van der Waals surface area contributed by atoms with Gasteiger partial charge in [0.2, 0.25) is 5.91 Å². The van der Waals surface area contributed by atoms with Crippen LogP contribution in [0.3, 0.4) is 0 Å². The lowest BCUT2D eigenvalue weighted by Crippen LogP contribution is -2.43. The van der Waals surface area contributed by atoms with E-state index in [-0.39, 0.29) is 24.4 Å². The highest BCUT2D eigenvalue weighted by molar-refractivity contribution is 5.80. The summed E-state index contributed by atoms with van der Waals surface area (Å²) in [6, 6.07) is -0.287. The van der Waals surface area contributed by atoms with Crippen LogP contribution in [-0.2, 0) is 14.3 Å². The number of carboxylic acid groups (broad SMARTS) is 1. The first-order valence-electron chi connectivity index (χ1n) is 5.40. The van der Waals surface area contributed by atoms with Gasteiger partial charge in [-0.15, -0.1) is 0 Å². The molecule has 6 nitrogen and oxygen atoms in total. The molecule has 6 heteroatoms. The minimum absolute atomic E-state index is 0.147. The maximum absolute atomic E-state index is 11.6. The summed E-state index contributed by atoms with van der Waals surface area (Å²) in [5.41, 5.74) is 5.68. The highest BCUT2D eigenvalue weighted by atomic mass is 16.5. The summed E-state index contributed by atoms with van der Waals surface area (Å²) in [7, 11) is 0. The Labute approximate surface area is 94.1 Å². The van der Waals surface area contributed by atoms with E-state index in [1.165, 1.54) is 0 Å². The van der Waals surface area contributed by atoms with Gasteiger partial charge in [-0.25, -0.2) is 0 Å². The summed E-state index contributed by atoms with van der Waals surface area (Å²) >= 11 is 0. The number of nitrogens with two attached hydrogens (primary N) is 1. The molecule has 92 valence electrons. The second-order valence-corrected chi connectivity index (χ2v) is 4.00. The quantitative estimate of drug-likeness (QED) is 0.573. The van der Waals surface area contributed by atoms with E-state index in [0.29, 0.717) is 19.6 Å². The first-order valence-corrected chi connectivity index (χ1v) is 5.40. The normalized spacial score (nSPS) is 26.4. The number of amides is 1. The summed E-state index contributed by atoms with van der Waals surface area (Å²) in [4.78, 5) is 22.4. The number of nitrogens with one attached hydrogen (secondary N) is 1. The van der Waals surface area contributed by atoms with Crippen molar-refractivity contribution in [2.45, 2.75) is 19.4 Å². The van der Waals surface area contributed by atoms with Gasteiger partial charge >= 0.3 is 5.97 Å². The first-order chi connectivity index (χ1) is 7.56. The molecule has 1 aliphatic rings. The lowest BCUT2D eigenvalue weighted by molar-refractivity contribution is -0.141. The average Bonchev–Trinajstić information content (AvgIpc) is 2.64. The van der Waals surface area contributed by atoms with Gasteiger partial charge in [-0.1, -0.05) is 6.92 Å². The number of ether oxygens (including phenoxy) is 1. The van der Waals surface area contributed by atoms with Gasteiger partial charge in [0, 0.05) is 12.6 Å². The molecule has 1 aliphatic heterocycles. The van der Waals surface area contributed by atoms with E-state index >= 15 is 0 Å². The Morgan fingerprint density at radius 1 is 1.56 bits per heavy atom. The second-order valence-electron chi connectivity index (χ2n) is 4.00. The molecule has 1 fully saturated rings. The molecule has 0 aromatic heterocycles. The number of carboxylic acids is 1. The number of aliphatic carboxylic acids is 1. The van der Waals surface area contributed by atoms with Crippen molar-refractivity contribution in [2.75, 3.05) is 19.8 Å². The van der Waals surface area contributed by atoms with Crippen LogP contribution in [-0.4, -0.2) is 42.8 Å². The topological polar surface area (TPSA) is 102 Å². The van der Waals surface area contributed by atoms with Crippen molar-refractivity contribution in [1.82, 2.24) is 5.32 Å². The zero-order chi connectivity index (χ0) is 12.1. The van der Waals surface area contributed by atoms with Gasteiger partial charge in [0.1, 0.15) is 0 Å². The smallest absolute Gasteiger partial charge is 0.308 e. The molecule has 0 aromatic carbocycles. The Morgan fingerprint density at radius 3 is 2.69 bits per heavy atom. The number of carbonyl (C=O) groups is 2. The molecule has 0 aliphatic carbocycles. The predicted molar refractivity (Wildman–Crippen MR) is 56.7 cm³/mol. The minimum atomic E-state index is -0.894. The van der Waals surface area contributed by atoms with Crippen LogP contribution in [0.2, 0.25) is 0 Å². The second kappa shape index (κ2) is 5.81. The van der Waals surface area contributed by atoms with Crippen molar-refractivity contribution in [3.05, 3.63) is 0 Å². The van der Waals surface area contributed by atoms with Gasteiger partial charge in [-0.05, 0) is 6.42 Å². The van der Waals surface area contributed by atoms with Gasteiger partial charge in [0.05, 0.1) is 25.0 Å². The maximum atomic E-state index is 11.6. The molecule has 1 heterocycles. The van der Waals surface area contributed by atoms with E-state index in [0.717, 1.165) is 0 Å². The summed E-state index contributed by atoms with van der Waals surface area (Å²) in [6.45, 7) is 2.62. The number of hydrogen-bond donors (Lipinski definition) is 3. The van der Waals surface area contributed by atoms with E-state index in [9.17, 15) is 9.59 Å². The highest BCUT2D eigenvalue weighted by Crippen LogP contribution is 2.11. The molecule has 1 rings (SSSR count). The third-order valence-corrected chi connectivity index (χ3v) is 2.83. The Hall–Kier alpha value is -1.14. The fraction of sp³-hybridized carbons (Fsp3) is 0.800. The minimum Gasteiger partial charge on any atom is -0.481 e. The Bertz CT molecular complexity index is 270. The van der Waals surface area contributed by atoms with E-state index in [4.69, 9.17) is 15.6 Å². The highest BCUT2D eigenvalue weighted by Gasteiger charge is 2.31. The number of hydrogen-bond acceptors (Lipinski definition) is 4. The van der Waals surface area contributed by atoms with Crippen molar-refractivity contribution >= 4 is 11.9 Å². The molecule has 0 aromatic rings. The van der Waals surface area contributed by atoms with E-state index in [2.05, 4.69) is 5.32 Å². The molecule has 0 bridgehead atoms. The van der Waals surface area contributed by atoms with Crippen molar-refractivity contribution in [3.63, 3.8) is 0 Å². The van der Waals surface area contributed by atoms with Crippen LogP contribution in [0.4, 0.5) is 0 Å². The molecule has 0 spiro atoms. The van der Waals surface area contributed by atoms with Gasteiger partial charge < -0.3 is 20.9 Å². The standard InChI is InChI=1S/C10H18N2O4/c1-2-6(10(14)15)3-12-9(13)7-4-16-5-8(7)11/h6-8H,2-5,11H2,1H3,(H,12,13)(H,14,15). The van der Waals surface area contributed by atoms with Gasteiger partial charge in [0.15, 0.2) is 0 Å². The molecule has 0 saturated carbocycles. The summed E-state index contributed by atoms with van der Waals surface area (Å²) < 4.78 is 5.07. The molecule has 0 radical (unpaired) electrons. The summed E-state index contributed by atoms with van der Waals surface area (Å²) in [6.07, 6.45) is 0.489. The zero-order valence-electron chi connectivity index (χ0n) is 9.31. The molecule has 1 saturated heterocycles. The van der Waals surface area contributed by atoms with Crippen molar-refractivity contribution in [3.8, 4) is 0 Å². The van der Waals surface area contributed by atoms with Gasteiger partial charge in [-0.3, -0.25) is 9.59 Å². The lowest BCUT2D eigenvalue weighted by Gasteiger charge is -2.15. The van der Waals surface area contributed by atoms with Crippen LogP contribution < -0.4 is 11.1 Å². The van der Waals surface area contributed by atoms with Crippen LogP contribution in [0, 0.1) is 11.8 Å². The van der Waals surface area contributed by atoms with Crippen molar-refractivity contribution in [2.24, 2.45) is 17.6 Å². The van der Waals surface area contributed by atoms with Crippen LogP contribution in [0.25, 0.3) is 0 Å². The predicted octanol–water partition coefficient (Wildman–Crippen LogP) is -0.813. The van der Waals surface area contributed by atoms with E-state index in [1.54, 1.807) is 6.92 Å². The SMILES string of the molecule is CCC(CNC(=O)C1COCC1N)C(=O)O. The molecule has 1 amide bonds. The lowest BCUT2D eigenvalue weighted by atomic mass is 10.0. The molecular formula is C10H18N2O4. The number of carbonyl (C=O) groups excluding carboxylic acids is 1. The van der Waals surface area contributed by atoms with Crippen LogP contribution in [0.1, 0.15) is 13.3 Å². The maximum Gasteiger partial charge on any atom is 0.308 e. The average molecular weight is 230 g/mol.